The Morgan fingerprint density at radius 2 is 1.91 bits per heavy atom. The van der Waals surface area contributed by atoms with Crippen molar-refractivity contribution < 1.29 is 9.18 Å². The summed E-state index contributed by atoms with van der Waals surface area (Å²) in [5, 5.41) is 8.69. The zero-order chi connectivity index (χ0) is 25.3. The van der Waals surface area contributed by atoms with Crippen LogP contribution in [-0.4, -0.2) is 57.9 Å². The van der Waals surface area contributed by atoms with E-state index in [1.54, 1.807) is 4.90 Å². The molecule has 0 unspecified atom stereocenters. The quantitative estimate of drug-likeness (QED) is 0.324. The Morgan fingerprint density at radius 3 is 2.57 bits per heavy atom. The van der Waals surface area contributed by atoms with Crippen LogP contribution in [0.1, 0.15) is 48.2 Å². The SMILES string of the molecule is Cc1cc([C@@H](C)n2cc(CN(C)CCN(C)C(=O)C3(c4cc(F)cc(Br)c4)CC3)nn2)ccc1Br. The van der Waals surface area contributed by atoms with Gasteiger partial charge in [0.15, 0.2) is 0 Å². The normalized spacial score (nSPS) is 15.3. The van der Waals surface area contributed by atoms with Gasteiger partial charge in [-0.05, 0) is 74.7 Å². The summed E-state index contributed by atoms with van der Waals surface area (Å²) in [7, 11) is 3.83. The van der Waals surface area contributed by atoms with Gasteiger partial charge in [-0.25, -0.2) is 9.07 Å². The van der Waals surface area contributed by atoms with E-state index < -0.39 is 5.41 Å². The van der Waals surface area contributed by atoms with Crippen LogP contribution in [0.5, 0.6) is 0 Å². The Kier molecular flexibility index (Phi) is 7.78. The van der Waals surface area contributed by atoms with Gasteiger partial charge in [0.05, 0.1) is 23.3 Å². The third-order valence-electron chi connectivity index (χ3n) is 6.79. The van der Waals surface area contributed by atoms with E-state index in [4.69, 9.17) is 0 Å². The molecule has 1 aliphatic carbocycles. The van der Waals surface area contributed by atoms with Crippen LogP contribution in [-0.2, 0) is 16.8 Å². The number of aromatic nitrogens is 3. The summed E-state index contributed by atoms with van der Waals surface area (Å²) >= 11 is 6.89. The van der Waals surface area contributed by atoms with Crippen LogP contribution in [0.25, 0.3) is 0 Å². The topological polar surface area (TPSA) is 54.3 Å². The average molecular weight is 607 g/mol. The molecule has 1 fully saturated rings. The Labute approximate surface area is 222 Å². The number of carbonyl (C=O) groups is 1. The van der Waals surface area contributed by atoms with Crippen LogP contribution < -0.4 is 0 Å². The van der Waals surface area contributed by atoms with Gasteiger partial charge in [0.1, 0.15) is 5.82 Å². The molecule has 4 rings (SSSR count). The van der Waals surface area contributed by atoms with Gasteiger partial charge >= 0.3 is 0 Å². The number of benzene rings is 2. The van der Waals surface area contributed by atoms with Crippen LogP contribution in [0, 0.1) is 12.7 Å². The molecule has 1 amide bonds. The Morgan fingerprint density at radius 1 is 1.17 bits per heavy atom. The lowest BCUT2D eigenvalue weighted by atomic mass is 9.94. The largest absolute Gasteiger partial charge is 0.344 e. The number of amides is 1. The van der Waals surface area contributed by atoms with Crippen molar-refractivity contribution in [2.45, 2.75) is 44.7 Å². The number of hydrogen-bond acceptors (Lipinski definition) is 4. The zero-order valence-electron chi connectivity index (χ0n) is 20.4. The Balaban J connectivity index is 1.32. The molecule has 3 aromatic rings. The summed E-state index contributed by atoms with van der Waals surface area (Å²) in [6.07, 6.45) is 3.48. The maximum Gasteiger partial charge on any atom is 0.233 e. The van der Waals surface area contributed by atoms with Crippen molar-refractivity contribution in [3.8, 4) is 0 Å². The molecule has 2 aromatic carbocycles. The van der Waals surface area contributed by atoms with E-state index in [-0.39, 0.29) is 17.8 Å². The molecule has 0 radical (unpaired) electrons. The molecule has 1 heterocycles. The molecule has 1 atom stereocenters. The van der Waals surface area contributed by atoms with E-state index in [2.05, 4.69) is 79.1 Å². The molecular weight excluding hydrogens is 577 g/mol. The van der Waals surface area contributed by atoms with Crippen molar-refractivity contribution in [1.82, 2.24) is 24.8 Å². The molecule has 0 saturated heterocycles. The second kappa shape index (κ2) is 10.5. The summed E-state index contributed by atoms with van der Waals surface area (Å²) in [6, 6.07) is 11.1. The molecule has 186 valence electrons. The first-order valence-electron chi connectivity index (χ1n) is 11.7. The van der Waals surface area contributed by atoms with Crippen molar-refractivity contribution in [1.29, 1.82) is 0 Å². The van der Waals surface area contributed by atoms with Crippen molar-refractivity contribution >= 4 is 37.8 Å². The van der Waals surface area contributed by atoms with E-state index in [9.17, 15) is 9.18 Å². The van der Waals surface area contributed by atoms with Crippen LogP contribution in [0.15, 0.2) is 51.5 Å². The Bertz CT molecular complexity index is 1210. The fourth-order valence-corrected chi connectivity index (χ4v) is 5.09. The van der Waals surface area contributed by atoms with E-state index in [1.165, 1.54) is 23.3 Å². The summed E-state index contributed by atoms with van der Waals surface area (Å²) in [5.41, 5.74) is 3.40. The molecule has 0 N–H and O–H groups in total. The fraction of sp³-hybridized carbons (Fsp3) is 0.423. The van der Waals surface area contributed by atoms with Gasteiger partial charge in [-0.1, -0.05) is 49.2 Å². The first kappa shape index (κ1) is 26.0. The number of nitrogens with zero attached hydrogens (tertiary/aromatic N) is 5. The van der Waals surface area contributed by atoms with Gasteiger partial charge in [-0.2, -0.15) is 0 Å². The van der Waals surface area contributed by atoms with E-state index in [1.807, 2.05) is 31.0 Å². The summed E-state index contributed by atoms with van der Waals surface area (Å²) < 4.78 is 17.6. The average Bonchev–Trinajstić information content (AvgIpc) is 3.50. The molecule has 1 aromatic heterocycles. The number of halogens is 3. The van der Waals surface area contributed by atoms with E-state index in [0.29, 0.717) is 24.1 Å². The first-order chi connectivity index (χ1) is 16.6. The molecule has 1 aliphatic rings. The maximum atomic E-state index is 13.9. The molecule has 35 heavy (non-hydrogen) atoms. The summed E-state index contributed by atoms with van der Waals surface area (Å²) in [4.78, 5) is 17.1. The van der Waals surface area contributed by atoms with Gasteiger partial charge in [0, 0.05) is 35.6 Å². The van der Waals surface area contributed by atoms with Gasteiger partial charge in [0.25, 0.3) is 0 Å². The fourth-order valence-electron chi connectivity index (χ4n) is 4.38. The molecule has 0 spiro atoms. The van der Waals surface area contributed by atoms with Crippen molar-refractivity contribution in [3.05, 3.63) is 79.7 Å². The smallest absolute Gasteiger partial charge is 0.233 e. The maximum absolute atomic E-state index is 13.9. The summed E-state index contributed by atoms with van der Waals surface area (Å²) in [5.74, 6) is -0.276. The van der Waals surface area contributed by atoms with Crippen LogP contribution in [0.3, 0.4) is 0 Å². The lowest BCUT2D eigenvalue weighted by Gasteiger charge is -2.26. The highest BCUT2D eigenvalue weighted by Crippen LogP contribution is 2.50. The first-order valence-corrected chi connectivity index (χ1v) is 13.2. The standard InChI is InChI=1S/C26H30Br2FN5O/c1-17-11-19(5-6-24(17)28)18(2)34-16-23(30-31-34)15-32(3)9-10-33(4)25(35)26(7-8-26)20-12-21(27)14-22(29)13-20/h5-6,11-14,16,18H,7-10,15H2,1-4H3/t18-/m1/s1. The predicted molar refractivity (Wildman–Crippen MR) is 142 cm³/mol. The Hall–Kier alpha value is -2.10. The minimum Gasteiger partial charge on any atom is -0.344 e. The number of carbonyl (C=O) groups excluding carboxylic acids is 1. The highest BCUT2D eigenvalue weighted by Gasteiger charge is 2.52. The minimum atomic E-state index is -0.595. The monoisotopic (exact) mass is 605 g/mol. The summed E-state index contributed by atoms with van der Waals surface area (Å²) in [6.45, 7) is 6.09. The lowest BCUT2D eigenvalue weighted by Crippen LogP contribution is -2.40. The minimum absolute atomic E-state index is 0.0490. The van der Waals surface area contributed by atoms with Crippen molar-refractivity contribution in [2.75, 3.05) is 27.2 Å². The predicted octanol–water partition coefficient (Wildman–Crippen LogP) is 5.48. The number of rotatable bonds is 9. The molecule has 1 saturated carbocycles. The zero-order valence-corrected chi connectivity index (χ0v) is 23.6. The van der Waals surface area contributed by atoms with Crippen molar-refractivity contribution in [2.24, 2.45) is 0 Å². The number of likely N-dealkylation sites (N-methyl/N-ethyl adjacent to an activating group) is 2. The van der Waals surface area contributed by atoms with Gasteiger partial charge in [0.2, 0.25) is 5.91 Å². The molecule has 9 heteroatoms. The highest BCUT2D eigenvalue weighted by atomic mass is 79.9. The highest BCUT2D eigenvalue weighted by molar-refractivity contribution is 9.10. The van der Waals surface area contributed by atoms with E-state index >= 15 is 0 Å². The second-order valence-electron chi connectivity index (χ2n) is 9.58. The van der Waals surface area contributed by atoms with Gasteiger partial charge < -0.3 is 4.90 Å². The van der Waals surface area contributed by atoms with Crippen molar-refractivity contribution in [3.63, 3.8) is 0 Å². The molecule has 6 nitrogen and oxygen atoms in total. The van der Waals surface area contributed by atoms with Crippen LogP contribution in [0.4, 0.5) is 4.39 Å². The molecular formula is C26H30Br2FN5O. The molecule has 0 aliphatic heterocycles. The third kappa shape index (κ3) is 5.84. The lowest BCUT2D eigenvalue weighted by molar-refractivity contribution is -0.132. The molecule has 0 bridgehead atoms. The van der Waals surface area contributed by atoms with Gasteiger partial charge in [-0.15, -0.1) is 5.10 Å². The second-order valence-corrected chi connectivity index (χ2v) is 11.3. The van der Waals surface area contributed by atoms with Crippen LogP contribution in [0.2, 0.25) is 0 Å². The van der Waals surface area contributed by atoms with Gasteiger partial charge in [-0.3, -0.25) is 9.69 Å². The van der Waals surface area contributed by atoms with Crippen LogP contribution >= 0.6 is 31.9 Å². The number of hydrogen-bond donors (Lipinski definition) is 0. The third-order valence-corrected chi connectivity index (χ3v) is 8.14. The number of aryl methyl sites for hydroxylation is 1. The van der Waals surface area contributed by atoms with E-state index in [0.717, 1.165) is 28.6 Å².